The molecule has 20 heavy (non-hydrogen) atoms. The van der Waals surface area contributed by atoms with Crippen LogP contribution in [0.1, 0.15) is 37.1 Å². The smallest absolute Gasteiger partial charge is 0.179 e. The van der Waals surface area contributed by atoms with E-state index < -0.39 is 0 Å². The third-order valence-electron chi connectivity index (χ3n) is 3.62. The van der Waals surface area contributed by atoms with Gasteiger partial charge in [-0.2, -0.15) is 10.5 Å². The molecule has 2 saturated carbocycles. The lowest BCUT2D eigenvalue weighted by Crippen LogP contribution is -2.14. The summed E-state index contributed by atoms with van der Waals surface area (Å²) in [7, 11) is 0. The number of anilines is 2. The molecule has 6 nitrogen and oxygen atoms in total. The Morgan fingerprint density at radius 3 is 1.55 bits per heavy atom. The van der Waals surface area contributed by atoms with Crippen LogP contribution >= 0.6 is 0 Å². The lowest BCUT2D eigenvalue weighted by atomic mass is 10.3. The predicted octanol–water partition coefficient (Wildman–Crippen LogP) is 1.86. The van der Waals surface area contributed by atoms with E-state index in [0.717, 1.165) is 13.1 Å². The van der Waals surface area contributed by atoms with E-state index in [1.54, 1.807) is 0 Å². The van der Waals surface area contributed by atoms with Crippen molar-refractivity contribution in [3.05, 3.63) is 11.4 Å². The molecule has 0 spiro atoms. The zero-order valence-electron chi connectivity index (χ0n) is 11.2. The summed E-state index contributed by atoms with van der Waals surface area (Å²) in [6, 6.07) is 3.86. The summed E-state index contributed by atoms with van der Waals surface area (Å²) in [4.78, 5) is 8.48. The summed E-state index contributed by atoms with van der Waals surface area (Å²) in [5.74, 6) is 2.59. The van der Waals surface area contributed by atoms with Crippen LogP contribution in [0.15, 0.2) is 0 Å². The van der Waals surface area contributed by atoms with Gasteiger partial charge in [0.2, 0.25) is 0 Å². The minimum atomic E-state index is 0.0859. The molecule has 2 fully saturated rings. The van der Waals surface area contributed by atoms with E-state index in [-0.39, 0.29) is 11.4 Å². The lowest BCUT2D eigenvalue weighted by molar-refractivity contribution is 0.865. The van der Waals surface area contributed by atoms with Crippen molar-refractivity contribution in [2.24, 2.45) is 11.8 Å². The Morgan fingerprint density at radius 2 is 1.25 bits per heavy atom. The van der Waals surface area contributed by atoms with Crippen molar-refractivity contribution >= 4 is 11.6 Å². The van der Waals surface area contributed by atoms with Crippen LogP contribution in [-0.2, 0) is 0 Å². The predicted molar refractivity (Wildman–Crippen MR) is 73.9 cm³/mol. The normalized spacial score (nSPS) is 17.1. The fraction of sp³-hybridized carbons (Fsp3) is 0.571. The molecule has 0 amide bonds. The zero-order valence-corrected chi connectivity index (χ0v) is 11.2. The molecule has 0 atom stereocenters. The van der Waals surface area contributed by atoms with E-state index in [0.29, 0.717) is 23.5 Å². The number of nitrogens with zero attached hydrogens (tertiary/aromatic N) is 4. The first kappa shape index (κ1) is 12.7. The van der Waals surface area contributed by atoms with Gasteiger partial charge in [0.25, 0.3) is 0 Å². The van der Waals surface area contributed by atoms with E-state index in [1.165, 1.54) is 25.7 Å². The average Bonchev–Trinajstić information content (AvgIpc) is 3.36. The molecule has 0 aromatic carbocycles. The van der Waals surface area contributed by atoms with Crippen LogP contribution in [0.2, 0.25) is 0 Å². The third-order valence-corrected chi connectivity index (χ3v) is 3.62. The molecule has 3 rings (SSSR count). The van der Waals surface area contributed by atoms with Crippen LogP contribution in [0.3, 0.4) is 0 Å². The van der Waals surface area contributed by atoms with Crippen molar-refractivity contribution < 1.29 is 0 Å². The summed E-state index contributed by atoms with van der Waals surface area (Å²) >= 11 is 0. The first-order valence-electron chi connectivity index (χ1n) is 7.00. The van der Waals surface area contributed by atoms with Crippen LogP contribution in [-0.4, -0.2) is 23.1 Å². The summed E-state index contributed by atoms with van der Waals surface area (Å²) < 4.78 is 0. The second-order valence-electron chi connectivity index (χ2n) is 5.49. The molecule has 0 radical (unpaired) electrons. The van der Waals surface area contributed by atoms with Crippen LogP contribution in [0.25, 0.3) is 0 Å². The standard InChI is InChI=1S/C14H16N6/c15-5-11-12(6-16)20-14(18-8-10-3-4-10)13(19-11)17-7-9-1-2-9/h9-10H,1-4,7-8H2,(H,17,19)(H,18,20). The number of nitriles is 2. The van der Waals surface area contributed by atoms with Crippen LogP contribution in [0.4, 0.5) is 11.6 Å². The quantitative estimate of drug-likeness (QED) is 0.817. The lowest BCUT2D eigenvalue weighted by Gasteiger charge is -2.12. The Labute approximate surface area is 117 Å². The van der Waals surface area contributed by atoms with Gasteiger partial charge < -0.3 is 10.6 Å². The van der Waals surface area contributed by atoms with Crippen molar-refractivity contribution in [3.8, 4) is 12.1 Å². The molecule has 2 aliphatic rings. The molecule has 1 aromatic heterocycles. The van der Waals surface area contributed by atoms with Gasteiger partial charge in [0, 0.05) is 13.1 Å². The van der Waals surface area contributed by atoms with Gasteiger partial charge in [0.05, 0.1) is 0 Å². The van der Waals surface area contributed by atoms with Crippen molar-refractivity contribution in [3.63, 3.8) is 0 Å². The van der Waals surface area contributed by atoms with Gasteiger partial charge >= 0.3 is 0 Å². The summed E-state index contributed by atoms with van der Waals surface area (Å²) in [6.45, 7) is 1.70. The Balaban J connectivity index is 1.81. The van der Waals surface area contributed by atoms with E-state index >= 15 is 0 Å². The van der Waals surface area contributed by atoms with Crippen LogP contribution in [0.5, 0.6) is 0 Å². The molecule has 2 N–H and O–H groups in total. The van der Waals surface area contributed by atoms with Gasteiger partial charge in [0.1, 0.15) is 12.1 Å². The Kier molecular flexibility index (Phi) is 3.39. The molecule has 2 aliphatic carbocycles. The number of hydrogen-bond acceptors (Lipinski definition) is 6. The van der Waals surface area contributed by atoms with Crippen molar-refractivity contribution in [1.29, 1.82) is 10.5 Å². The molecular formula is C14H16N6. The minimum absolute atomic E-state index is 0.0859. The monoisotopic (exact) mass is 268 g/mol. The number of nitrogens with one attached hydrogen (secondary N) is 2. The van der Waals surface area contributed by atoms with Gasteiger partial charge in [-0.1, -0.05) is 0 Å². The van der Waals surface area contributed by atoms with Crippen molar-refractivity contribution in [1.82, 2.24) is 9.97 Å². The Morgan fingerprint density at radius 1 is 0.850 bits per heavy atom. The van der Waals surface area contributed by atoms with Crippen LogP contribution < -0.4 is 10.6 Å². The Hall–Kier alpha value is -2.34. The third kappa shape index (κ3) is 2.97. The summed E-state index contributed by atoms with van der Waals surface area (Å²) in [5, 5.41) is 24.6. The number of hydrogen-bond donors (Lipinski definition) is 2. The van der Waals surface area contributed by atoms with Gasteiger partial charge in [0.15, 0.2) is 23.0 Å². The highest BCUT2D eigenvalue weighted by Gasteiger charge is 2.24. The molecule has 0 saturated heterocycles. The molecule has 1 heterocycles. The van der Waals surface area contributed by atoms with Gasteiger partial charge in [-0.25, -0.2) is 9.97 Å². The SMILES string of the molecule is N#Cc1nc(NCC2CC2)c(NCC2CC2)nc1C#N. The highest BCUT2D eigenvalue weighted by molar-refractivity contribution is 5.62. The second kappa shape index (κ2) is 5.34. The molecule has 0 aliphatic heterocycles. The first-order chi connectivity index (χ1) is 9.80. The highest BCUT2D eigenvalue weighted by atomic mass is 15.1. The van der Waals surface area contributed by atoms with E-state index in [9.17, 15) is 0 Å². The zero-order chi connectivity index (χ0) is 13.9. The summed E-state index contributed by atoms with van der Waals surface area (Å²) in [5.41, 5.74) is 0.172. The van der Waals surface area contributed by atoms with Gasteiger partial charge in [-0.3, -0.25) is 0 Å². The van der Waals surface area contributed by atoms with E-state index in [4.69, 9.17) is 10.5 Å². The molecule has 0 bridgehead atoms. The van der Waals surface area contributed by atoms with Crippen molar-refractivity contribution in [2.45, 2.75) is 25.7 Å². The maximum absolute atomic E-state index is 9.03. The Bertz CT molecular complexity index is 536. The first-order valence-corrected chi connectivity index (χ1v) is 7.00. The maximum atomic E-state index is 9.03. The van der Waals surface area contributed by atoms with Crippen LogP contribution in [0, 0.1) is 34.5 Å². The maximum Gasteiger partial charge on any atom is 0.179 e. The molecule has 0 unspecified atom stereocenters. The highest BCUT2D eigenvalue weighted by Crippen LogP contribution is 2.31. The summed E-state index contributed by atoms with van der Waals surface area (Å²) in [6.07, 6.45) is 4.97. The second-order valence-corrected chi connectivity index (χ2v) is 5.49. The van der Waals surface area contributed by atoms with Gasteiger partial charge in [-0.15, -0.1) is 0 Å². The topological polar surface area (TPSA) is 97.4 Å². The molecular weight excluding hydrogens is 252 g/mol. The van der Waals surface area contributed by atoms with E-state index in [2.05, 4.69) is 20.6 Å². The molecule has 6 heteroatoms. The van der Waals surface area contributed by atoms with Crippen molar-refractivity contribution in [2.75, 3.05) is 23.7 Å². The molecule has 1 aromatic rings. The average molecular weight is 268 g/mol. The van der Waals surface area contributed by atoms with E-state index in [1.807, 2.05) is 12.1 Å². The fourth-order valence-corrected chi connectivity index (χ4v) is 1.96. The largest absolute Gasteiger partial charge is 0.367 e. The minimum Gasteiger partial charge on any atom is -0.367 e. The fourth-order valence-electron chi connectivity index (χ4n) is 1.96. The molecule has 102 valence electrons. The number of rotatable bonds is 6. The van der Waals surface area contributed by atoms with Gasteiger partial charge in [-0.05, 0) is 37.5 Å². The number of aromatic nitrogens is 2.